The number of rotatable bonds is 1. The van der Waals surface area contributed by atoms with Crippen molar-refractivity contribution < 1.29 is 0 Å². The maximum absolute atomic E-state index is 5.78. The van der Waals surface area contributed by atoms with Crippen LogP contribution in [0.5, 0.6) is 0 Å². The van der Waals surface area contributed by atoms with Crippen molar-refractivity contribution in [2.24, 2.45) is 5.92 Å². The number of piperidine rings is 1. The molecule has 0 aromatic carbocycles. The highest BCUT2D eigenvalue weighted by atomic mass is 15.2. The summed E-state index contributed by atoms with van der Waals surface area (Å²) < 4.78 is 0. The largest absolute Gasteiger partial charge is 0.397 e. The molecule has 1 aliphatic heterocycles. The molecule has 15 heavy (non-hydrogen) atoms. The van der Waals surface area contributed by atoms with Crippen molar-refractivity contribution in [3.63, 3.8) is 0 Å². The molecule has 1 aliphatic carbocycles. The molecule has 0 unspecified atom stereocenters. The van der Waals surface area contributed by atoms with E-state index in [0.29, 0.717) is 0 Å². The van der Waals surface area contributed by atoms with Gasteiger partial charge in [-0.15, -0.1) is 0 Å². The van der Waals surface area contributed by atoms with Crippen LogP contribution in [-0.4, -0.2) is 17.6 Å². The summed E-state index contributed by atoms with van der Waals surface area (Å²) >= 11 is 0. The van der Waals surface area contributed by atoms with E-state index in [-0.39, 0.29) is 0 Å². The molecular formula is C12H17N3. The van der Waals surface area contributed by atoms with E-state index in [1.165, 1.54) is 25.8 Å². The first-order valence-electron chi connectivity index (χ1n) is 5.74. The molecule has 2 fully saturated rings. The Balaban J connectivity index is 1.90. The molecule has 80 valence electrons. The van der Waals surface area contributed by atoms with Gasteiger partial charge < -0.3 is 10.6 Å². The van der Waals surface area contributed by atoms with Gasteiger partial charge in [0.1, 0.15) is 5.82 Å². The number of nitrogens with zero attached hydrogens (tertiary/aromatic N) is 2. The summed E-state index contributed by atoms with van der Waals surface area (Å²) in [6.07, 6.45) is 4.12. The normalized spacial score (nSPS) is 28.7. The van der Waals surface area contributed by atoms with Gasteiger partial charge in [-0.1, -0.05) is 0 Å². The van der Waals surface area contributed by atoms with E-state index in [2.05, 4.69) is 16.0 Å². The average Bonchev–Trinajstić information content (AvgIpc) is 2.83. The standard InChI is InChI=1S/C12H17N3/c1-8-11(13)4-5-12(14-8)15-7-9-2-3-10(15)6-9/h4-5,9-10H,2-3,6-7,13H2,1H3/t9-,10+/m0/s1. The third kappa shape index (κ3) is 1.37. The van der Waals surface area contributed by atoms with Gasteiger partial charge in [0.2, 0.25) is 0 Å². The van der Waals surface area contributed by atoms with Crippen LogP contribution in [0.1, 0.15) is 25.0 Å². The van der Waals surface area contributed by atoms with Crippen LogP contribution in [0.15, 0.2) is 12.1 Å². The zero-order valence-electron chi connectivity index (χ0n) is 9.11. The molecule has 2 N–H and O–H groups in total. The van der Waals surface area contributed by atoms with Crippen molar-refractivity contribution in [3.05, 3.63) is 17.8 Å². The number of pyridine rings is 1. The van der Waals surface area contributed by atoms with Crippen LogP contribution in [0.2, 0.25) is 0 Å². The summed E-state index contributed by atoms with van der Waals surface area (Å²) in [6, 6.07) is 4.78. The molecule has 0 amide bonds. The number of anilines is 2. The van der Waals surface area contributed by atoms with Crippen molar-refractivity contribution in [3.8, 4) is 0 Å². The Morgan fingerprint density at radius 1 is 1.40 bits per heavy atom. The van der Waals surface area contributed by atoms with E-state index in [1.54, 1.807) is 0 Å². The predicted octanol–water partition coefficient (Wildman–Crippen LogP) is 1.96. The van der Waals surface area contributed by atoms with Gasteiger partial charge in [-0.3, -0.25) is 0 Å². The third-order valence-electron chi connectivity index (χ3n) is 3.82. The highest BCUT2D eigenvalue weighted by molar-refractivity contribution is 5.51. The number of nitrogen functional groups attached to an aromatic ring is 1. The number of hydrogen-bond donors (Lipinski definition) is 1. The molecule has 3 heteroatoms. The zero-order valence-corrected chi connectivity index (χ0v) is 9.11. The highest BCUT2D eigenvalue weighted by Gasteiger charge is 2.38. The molecular weight excluding hydrogens is 186 g/mol. The smallest absolute Gasteiger partial charge is 0.129 e. The summed E-state index contributed by atoms with van der Waals surface area (Å²) in [4.78, 5) is 7.03. The van der Waals surface area contributed by atoms with Crippen LogP contribution < -0.4 is 10.6 Å². The van der Waals surface area contributed by atoms with Crippen molar-refractivity contribution in [2.45, 2.75) is 32.2 Å². The first-order chi connectivity index (χ1) is 7.24. The van der Waals surface area contributed by atoms with Gasteiger partial charge in [0, 0.05) is 12.6 Å². The first kappa shape index (κ1) is 9.01. The van der Waals surface area contributed by atoms with Gasteiger partial charge in [-0.2, -0.15) is 0 Å². The number of aromatic nitrogens is 1. The fourth-order valence-corrected chi connectivity index (χ4v) is 2.92. The van der Waals surface area contributed by atoms with Crippen molar-refractivity contribution in [1.82, 2.24) is 4.98 Å². The van der Waals surface area contributed by atoms with E-state index in [9.17, 15) is 0 Å². The quantitative estimate of drug-likeness (QED) is 0.758. The fraction of sp³-hybridized carbons (Fsp3) is 0.583. The van der Waals surface area contributed by atoms with Crippen molar-refractivity contribution in [1.29, 1.82) is 0 Å². The van der Waals surface area contributed by atoms with Gasteiger partial charge in [0.15, 0.2) is 0 Å². The molecule has 2 bridgehead atoms. The van der Waals surface area contributed by atoms with Gasteiger partial charge >= 0.3 is 0 Å². The van der Waals surface area contributed by atoms with E-state index in [0.717, 1.165) is 29.2 Å². The van der Waals surface area contributed by atoms with E-state index < -0.39 is 0 Å². The number of nitrogens with two attached hydrogens (primary N) is 1. The van der Waals surface area contributed by atoms with E-state index in [1.807, 2.05) is 13.0 Å². The molecule has 1 aromatic rings. The van der Waals surface area contributed by atoms with E-state index in [4.69, 9.17) is 5.73 Å². The highest BCUT2D eigenvalue weighted by Crippen LogP contribution is 2.39. The Bertz CT molecular complexity index is 388. The second-order valence-electron chi connectivity index (χ2n) is 4.83. The Morgan fingerprint density at radius 2 is 2.27 bits per heavy atom. The van der Waals surface area contributed by atoms with Crippen molar-refractivity contribution in [2.75, 3.05) is 17.2 Å². The minimum atomic E-state index is 0.741. The first-order valence-corrected chi connectivity index (χ1v) is 5.74. The topological polar surface area (TPSA) is 42.2 Å². The Kier molecular flexibility index (Phi) is 1.87. The lowest BCUT2D eigenvalue weighted by atomic mass is 10.1. The van der Waals surface area contributed by atoms with Crippen LogP contribution >= 0.6 is 0 Å². The molecule has 0 spiro atoms. The zero-order chi connectivity index (χ0) is 10.4. The predicted molar refractivity (Wildman–Crippen MR) is 61.9 cm³/mol. The lowest BCUT2D eigenvalue weighted by Gasteiger charge is -2.28. The summed E-state index contributed by atoms with van der Waals surface area (Å²) in [6.45, 7) is 3.17. The van der Waals surface area contributed by atoms with Crippen LogP contribution in [-0.2, 0) is 0 Å². The number of hydrogen-bond acceptors (Lipinski definition) is 3. The van der Waals surface area contributed by atoms with Gasteiger partial charge in [-0.25, -0.2) is 4.98 Å². The molecule has 1 aromatic heterocycles. The lowest BCUT2D eigenvalue weighted by molar-refractivity contribution is 0.550. The Hall–Kier alpha value is -1.25. The average molecular weight is 203 g/mol. The summed E-state index contributed by atoms with van der Waals surface area (Å²) in [5.74, 6) is 2.03. The minimum absolute atomic E-state index is 0.741. The summed E-state index contributed by atoms with van der Waals surface area (Å²) in [5.41, 5.74) is 7.53. The van der Waals surface area contributed by atoms with Crippen LogP contribution in [0.25, 0.3) is 0 Å². The lowest BCUT2D eigenvalue weighted by Crippen LogP contribution is -2.32. The van der Waals surface area contributed by atoms with Gasteiger partial charge in [0.05, 0.1) is 11.4 Å². The molecule has 1 saturated carbocycles. The Morgan fingerprint density at radius 3 is 2.87 bits per heavy atom. The van der Waals surface area contributed by atoms with Gasteiger partial charge in [-0.05, 0) is 44.2 Å². The molecule has 2 atom stereocenters. The maximum atomic E-state index is 5.78. The fourth-order valence-electron chi connectivity index (χ4n) is 2.92. The van der Waals surface area contributed by atoms with Crippen LogP contribution in [0, 0.1) is 12.8 Å². The molecule has 2 heterocycles. The summed E-state index contributed by atoms with van der Waals surface area (Å²) in [7, 11) is 0. The van der Waals surface area contributed by atoms with Crippen molar-refractivity contribution >= 4 is 11.5 Å². The third-order valence-corrected chi connectivity index (χ3v) is 3.82. The molecule has 3 nitrogen and oxygen atoms in total. The molecule has 2 aliphatic rings. The van der Waals surface area contributed by atoms with E-state index >= 15 is 0 Å². The monoisotopic (exact) mass is 203 g/mol. The SMILES string of the molecule is Cc1nc(N2C[C@H]3CC[C@@H]2C3)ccc1N. The summed E-state index contributed by atoms with van der Waals surface area (Å²) in [5, 5.41) is 0. The number of fused-ring (bicyclic) bond motifs is 2. The van der Waals surface area contributed by atoms with Crippen LogP contribution in [0.3, 0.4) is 0 Å². The number of aryl methyl sites for hydroxylation is 1. The van der Waals surface area contributed by atoms with Gasteiger partial charge in [0.25, 0.3) is 0 Å². The maximum Gasteiger partial charge on any atom is 0.129 e. The molecule has 1 saturated heterocycles. The van der Waals surface area contributed by atoms with Crippen LogP contribution in [0.4, 0.5) is 11.5 Å². The Labute approximate surface area is 90.3 Å². The second kappa shape index (κ2) is 3.12. The molecule has 3 rings (SSSR count). The minimum Gasteiger partial charge on any atom is -0.397 e. The molecule has 0 radical (unpaired) electrons. The second-order valence-corrected chi connectivity index (χ2v) is 4.83.